The zero-order valence-electron chi connectivity index (χ0n) is 14.6. The number of nitrogens with one attached hydrogen (secondary N) is 2. The van der Waals surface area contributed by atoms with E-state index in [9.17, 15) is 4.79 Å². The molecule has 3 aromatic rings. The van der Waals surface area contributed by atoms with Gasteiger partial charge in [0.25, 0.3) is 0 Å². The van der Waals surface area contributed by atoms with Crippen LogP contribution in [0.25, 0.3) is 5.69 Å². The normalized spacial score (nSPS) is 10.5. The molecule has 2 amide bonds. The Bertz CT molecular complexity index is 838. The van der Waals surface area contributed by atoms with Crippen molar-refractivity contribution in [2.75, 3.05) is 0 Å². The Hall–Kier alpha value is -3.01. The molecule has 0 saturated heterocycles. The number of urea groups is 1. The molecule has 0 fully saturated rings. The average Bonchev–Trinajstić information content (AvgIpc) is 2.93. The van der Waals surface area contributed by atoms with Crippen molar-refractivity contribution in [1.82, 2.24) is 15.2 Å². The molecule has 0 unspecified atom stereocenters. The van der Waals surface area contributed by atoms with E-state index < -0.39 is 0 Å². The first-order valence-electron chi connectivity index (χ1n) is 8.44. The van der Waals surface area contributed by atoms with Crippen LogP contribution < -0.4 is 10.6 Å². The highest BCUT2D eigenvalue weighted by atomic mass is 16.2. The Labute approximate surface area is 148 Å². The highest BCUT2D eigenvalue weighted by Crippen LogP contribution is 2.20. The van der Waals surface area contributed by atoms with Crippen molar-refractivity contribution in [2.24, 2.45) is 0 Å². The first-order chi connectivity index (χ1) is 12.1. The standard InChI is InChI=1S/C21H23N3O/c1-16-13-19(17(2)24(16)20-11-7-4-8-12-20)15-23-21(25)22-14-18-9-5-3-6-10-18/h3-13H,14-15H2,1-2H3,(H2,22,23,25). The van der Waals surface area contributed by atoms with Gasteiger partial charge in [-0.3, -0.25) is 0 Å². The van der Waals surface area contributed by atoms with E-state index in [1.54, 1.807) is 0 Å². The number of hydrogen-bond acceptors (Lipinski definition) is 1. The summed E-state index contributed by atoms with van der Waals surface area (Å²) in [5, 5.41) is 5.82. The summed E-state index contributed by atoms with van der Waals surface area (Å²) in [7, 11) is 0. The number of para-hydroxylation sites is 1. The molecule has 1 aromatic heterocycles. The fourth-order valence-electron chi connectivity index (χ4n) is 3.00. The van der Waals surface area contributed by atoms with Gasteiger partial charge in [-0.1, -0.05) is 48.5 Å². The van der Waals surface area contributed by atoms with Crippen LogP contribution in [-0.4, -0.2) is 10.6 Å². The minimum absolute atomic E-state index is 0.159. The van der Waals surface area contributed by atoms with Crippen molar-refractivity contribution in [3.63, 3.8) is 0 Å². The first kappa shape index (κ1) is 16.8. The zero-order chi connectivity index (χ0) is 17.6. The molecule has 2 N–H and O–H groups in total. The molecular weight excluding hydrogens is 310 g/mol. The van der Waals surface area contributed by atoms with Gasteiger partial charge in [-0.15, -0.1) is 0 Å². The molecule has 4 nitrogen and oxygen atoms in total. The summed E-state index contributed by atoms with van der Waals surface area (Å²) in [6.45, 7) is 5.20. The molecule has 128 valence electrons. The van der Waals surface area contributed by atoms with E-state index in [1.807, 2.05) is 48.5 Å². The van der Waals surface area contributed by atoms with Crippen molar-refractivity contribution in [1.29, 1.82) is 0 Å². The van der Waals surface area contributed by atoms with Crippen molar-refractivity contribution in [3.05, 3.63) is 89.2 Å². The highest BCUT2D eigenvalue weighted by Gasteiger charge is 2.11. The Balaban J connectivity index is 1.61. The lowest BCUT2D eigenvalue weighted by Gasteiger charge is -2.10. The van der Waals surface area contributed by atoms with Crippen molar-refractivity contribution in [3.8, 4) is 5.69 Å². The van der Waals surface area contributed by atoms with Crippen LogP contribution in [0.5, 0.6) is 0 Å². The molecule has 0 saturated carbocycles. The van der Waals surface area contributed by atoms with Gasteiger partial charge in [0.1, 0.15) is 0 Å². The molecule has 0 aliphatic carbocycles. The van der Waals surface area contributed by atoms with Crippen LogP contribution in [0.4, 0.5) is 4.79 Å². The predicted molar refractivity (Wildman–Crippen MR) is 101 cm³/mol. The smallest absolute Gasteiger partial charge is 0.315 e. The number of rotatable bonds is 5. The second kappa shape index (κ2) is 7.71. The summed E-state index contributed by atoms with van der Waals surface area (Å²) >= 11 is 0. The summed E-state index contributed by atoms with van der Waals surface area (Å²) in [6.07, 6.45) is 0. The molecule has 4 heteroatoms. The minimum Gasteiger partial charge on any atom is -0.334 e. The number of benzene rings is 2. The SMILES string of the molecule is Cc1cc(CNC(=O)NCc2ccccc2)c(C)n1-c1ccccc1. The number of aromatic nitrogens is 1. The summed E-state index contributed by atoms with van der Waals surface area (Å²) in [6, 6.07) is 22.1. The lowest BCUT2D eigenvalue weighted by Crippen LogP contribution is -2.34. The average molecular weight is 333 g/mol. The van der Waals surface area contributed by atoms with Gasteiger partial charge in [-0.25, -0.2) is 4.79 Å². The van der Waals surface area contributed by atoms with Crippen LogP contribution in [0.15, 0.2) is 66.7 Å². The van der Waals surface area contributed by atoms with Crippen LogP contribution in [0, 0.1) is 13.8 Å². The summed E-state index contributed by atoms with van der Waals surface area (Å²) in [5.74, 6) is 0. The Morgan fingerprint density at radius 3 is 2.16 bits per heavy atom. The number of aryl methyl sites for hydroxylation is 1. The topological polar surface area (TPSA) is 46.1 Å². The van der Waals surface area contributed by atoms with Gasteiger partial charge in [-0.2, -0.15) is 0 Å². The Morgan fingerprint density at radius 2 is 1.48 bits per heavy atom. The number of nitrogens with zero attached hydrogens (tertiary/aromatic N) is 1. The quantitative estimate of drug-likeness (QED) is 0.726. The Morgan fingerprint density at radius 1 is 0.880 bits per heavy atom. The maximum absolute atomic E-state index is 12.0. The molecule has 0 bridgehead atoms. The predicted octanol–water partition coefficient (Wildman–Crippen LogP) is 4.09. The molecule has 1 heterocycles. The third-order valence-electron chi connectivity index (χ3n) is 4.29. The highest BCUT2D eigenvalue weighted by molar-refractivity contribution is 5.73. The zero-order valence-corrected chi connectivity index (χ0v) is 14.6. The van der Waals surface area contributed by atoms with E-state index in [1.165, 1.54) is 0 Å². The van der Waals surface area contributed by atoms with Crippen LogP contribution in [0.2, 0.25) is 0 Å². The number of carbonyl (C=O) groups excluding carboxylic acids is 1. The molecule has 3 rings (SSSR count). The molecule has 2 aromatic carbocycles. The monoisotopic (exact) mass is 333 g/mol. The van der Waals surface area contributed by atoms with E-state index in [0.717, 1.165) is 28.2 Å². The van der Waals surface area contributed by atoms with Crippen LogP contribution >= 0.6 is 0 Å². The Kier molecular flexibility index (Phi) is 5.19. The van der Waals surface area contributed by atoms with Crippen molar-refractivity contribution in [2.45, 2.75) is 26.9 Å². The largest absolute Gasteiger partial charge is 0.334 e. The number of amides is 2. The van der Waals surface area contributed by atoms with Gasteiger partial charge >= 0.3 is 6.03 Å². The van der Waals surface area contributed by atoms with Gasteiger partial charge in [0.2, 0.25) is 0 Å². The molecular formula is C21H23N3O. The van der Waals surface area contributed by atoms with E-state index in [2.05, 4.69) is 47.2 Å². The summed E-state index contributed by atoms with van der Waals surface area (Å²) < 4.78 is 2.21. The second-order valence-corrected chi connectivity index (χ2v) is 6.09. The first-order valence-corrected chi connectivity index (χ1v) is 8.44. The van der Waals surface area contributed by atoms with E-state index in [4.69, 9.17) is 0 Å². The van der Waals surface area contributed by atoms with E-state index in [0.29, 0.717) is 13.1 Å². The fraction of sp³-hybridized carbons (Fsp3) is 0.190. The maximum atomic E-state index is 12.0. The van der Waals surface area contributed by atoms with Gasteiger partial charge in [0, 0.05) is 30.2 Å². The van der Waals surface area contributed by atoms with Gasteiger partial charge in [0.05, 0.1) is 0 Å². The maximum Gasteiger partial charge on any atom is 0.315 e. The molecule has 0 aliphatic rings. The van der Waals surface area contributed by atoms with Crippen molar-refractivity contribution < 1.29 is 4.79 Å². The number of hydrogen-bond donors (Lipinski definition) is 2. The van der Waals surface area contributed by atoms with Gasteiger partial charge in [0.15, 0.2) is 0 Å². The van der Waals surface area contributed by atoms with E-state index in [-0.39, 0.29) is 6.03 Å². The molecule has 25 heavy (non-hydrogen) atoms. The third kappa shape index (κ3) is 4.10. The number of carbonyl (C=O) groups is 1. The molecule has 0 aliphatic heterocycles. The second-order valence-electron chi connectivity index (χ2n) is 6.09. The lowest BCUT2D eigenvalue weighted by molar-refractivity contribution is 0.240. The summed E-state index contributed by atoms with van der Waals surface area (Å²) in [4.78, 5) is 12.0. The third-order valence-corrected chi connectivity index (χ3v) is 4.29. The molecule has 0 atom stereocenters. The van der Waals surface area contributed by atoms with Crippen molar-refractivity contribution >= 4 is 6.03 Å². The lowest BCUT2D eigenvalue weighted by atomic mass is 10.2. The van der Waals surface area contributed by atoms with Gasteiger partial charge < -0.3 is 15.2 Å². The van der Waals surface area contributed by atoms with E-state index >= 15 is 0 Å². The fourth-order valence-corrected chi connectivity index (χ4v) is 3.00. The molecule has 0 spiro atoms. The van der Waals surface area contributed by atoms with Crippen LogP contribution in [-0.2, 0) is 13.1 Å². The van der Waals surface area contributed by atoms with Gasteiger partial charge in [-0.05, 0) is 43.2 Å². The molecule has 0 radical (unpaired) electrons. The van der Waals surface area contributed by atoms with Crippen LogP contribution in [0.1, 0.15) is 22.5 Å². The van der Waals surface area contributed by atoms with Crippen LogP contribution in [0.3, 0.4) is 0 Å². The summed E-state index contributed by atoms with van der Waals surface area (Å²) in [5.41, 5.74) is 5.64. The minimum atomic E-state index is -0.159.